The molecule has 0 saturated carbocycles. The van der Waals surface area contributed by atoms with Crippen LogP contribution in [-0.2, 0) is 43.1 Å². The van der Waals surface area contributed by atoms with Crippen LogP contribution in [0.15, 0.2) is 0 Å². The summed E-state index contributed by atoms with van der Waals surface area (Å²) >= 11 is 0. The molecule has 18 heavy (non-hydrogen) atoms. The van der Waals surface area contributed by atoms with Gasteiger partial charge in [0, 0.05) is 16.8 Å². The molecule has 11 heteroatoms. The zero-order chi connectivity index (χ0) is 13.9. The number of carbonyl (C=O) groups is 3. The molecule has 0 aliphatic heterocycles. The van der Waals surface area contributed by atoms with Gasteiger partial charge in [-0.3, -0.25) is 0 Å². The van der Waals surface area contributed by atoms with Crippen LogP contribution in [-0.4, -0.2) is 50.7 Å². The number of carboxylic acids is 2. The fraction of sp³-hybridized carbons (Fsp3) is 0.571. The van der Waals surface area contributed by atoms with E-state index in [0.29, 0.717) is 0 Å². The van der Waals surface area contributed by atoms with E-state index in [1.165, 1.54) is 13.8 Å². The Kier molecular flexibility index (Phi) is 31.1. The molecule has 0 spiro atoms. The number of rotatable bonds is 2. The van der Waals surface area contributed by atoms with Crippen LogP contribution in [0.3, 0.4) is 0 Å². The largest absolute Gasteiger partial charge is 2.00 e. The first kappa shape index (κ1) is 30.3. The Balaban J connectivity index is -0.0000000454. The first-order chi connectivity index (χ1) is 7.02. The van der Waals surface area contributed by atoms with E-state index in [4.69, 9.17) is 35.4 Å². The van der Waals surface area contributed by atoms with E-state index in [1.807, 2.05) is 0 Å². The molecule has 0 heterocycles. The Bertz CT molecular complexity index is 207. The van der Waals surface area contributed by atoms with Crippen molar-refractivity contribution >= 4 is 18.1 Å². The molecule has 4 N–H and O–H groups in total. The van der Waals surface area contributed by atoms with Gasteiger partial charge in [-0.2, -0.15) is 0 Å². The molecule has 0 bridgehead atoms. The maximum atomic E-state index is 9.45. The number of carboxylic acid groups (broad SMARTS) is 4. The summed E-state index contributed by atoms with van der Waals surface area (Å²) in [4.78, 5) is 27.2. The van der Waals surface area contributed by atoms with Crippen LogP contribution in [0.4, 0.5) is 4.79 Å². The molecule has 2 unspecified atom stereocenters. The van der Waals surface area contributed by atoms with Crippen LogP contribution < -0.4 is 10.2 Å². The first-order valence-electron chi connectivity index (χ1n) is 3.72. The minimum Gasteiger partial charge on any atom is -0.652 e. The maximum absolute atomic E-state index is 9.45. The normalized spacial score (nSPS) is 10.4. The summed E-state index contributed by atoms with van der Waals surface area (Å²) in [5.41, 5.74) is 0. The van der Waals surface area contributed by atoms with Crippen molar-refractivity contribution in [3.8, 4) is 0 Å². The molecule has 0 rings (SSSR count). The smallest absolute Gasteiger partial charge is 0.652 e. The molecule has 112 valence electrons. The minimum absolute atomic E-state index is 0. The summed E-state index contributed by atoms with van der Waals surface area (Å²) in [5.74, 6) is -2.37. The Labute approximate surface area is 123 Å². The van der Waals surface area contributed by atoms with Gasteiger partial charge in [-0.25, -0.2) is 9.59 Å². The zero-order valence-corrected chi connectivity index (χ0v) is 11.2. The van der Waals surface area contributed by atoms with Gasteiger partial charge in [-0.15, -0.1) is 0 Å². The van der Waals surface area contributed by atoms with Crippen molar-refractivity contribution < 1.29 is 78.6 Å². The molecule has 0 aromatic carbocycles. The fourth-order valence-electron chi connectivity index (χ4n) is 0. The van der Waals surface area contributed by atoms with Gasteiger partial charge in [-0.05, 0) is 20.0 Å². The molecule has 2 atom stereocenters. The predicted molar refractivity (Wildman–Crippen MR) is 44.0 cm³/mol. The van der Waals surface area contributed by atoms with E-state index in [2.05, 4.69) is 0 Å². The molecule has 0 amide bonds. The van der Waals surface area contributed by atoms with Crippen molar-refractivity contribution in [3.63, 3.8) is 0 Å². The van der Waals surface area contributed by atoms with Gasteiger partial charge in [-0.1, -0.05) is 0 Å². The van der Waals surface area contributed by atoms with Gasteiger partial charge in [0.25, 0.3) is 0 Å². The molecule has 9 nitrogen and oxygen atoms in total. The third-order valence-electron chi connectivity index (χ3n) is 0.715. The Morgan fingerprint density at radius 3 is 0.944 bits per heavy atom. The van der Waals surface area contributed by atoms with E-state index < -0.39 is 30.3 Å². The molecule has 2 radical (unpaired) electrons. The summed E-state index contributed by atoms with van der Waals surface area (Å²) in [6.45, 7) is 2.39. The quantitative estimate of drug-likeness (QED) is 0.389. The maximum Gasteiger partial charge on any atom is 2.00 e. The molecule has 0 aliphatic rings. The second kappa shape index (κ2) is 18.5. The fourth-order valence-corrected chi connectivity index (χ4v) is 0. The molecule has 0 aromatic heterocycles. The Morgan fingerprint density at radius 2 is 0.944 bits per heavy atom. The Hall–Kier alpha value is -0.857. The van der Waals surface area contributed by atoms with Gasteiger partial charge in [0.1, 0.15) is 12.2 Å². The summed E-state index contributed by atoms with van der Waals surface area (Å²) < 4.78 is 0. The van der Waals surface area contributed by atoms with E-state index >= 15 is 0 Å². The van der Waals surface area contributed by atoms with Gasteiger partial charge in [0.2, 0.25) is 0 Å². The summed E-state index contributed by atoms with van der Waals surface area (Å²) in [5, 5.41) is 48.2. The number of aliphatic hydroxyl groups excluding tert-OH is 2. The molecular formula is C7H12Co2O9. The molecule has 0 aliphatic carbocycles. The van der Waals surface area contributed by atoms with E-state index in [9.17, 15) is 9.59 Å². The minimum atomic E-state index is -2.33. The van der Waals surface area contributed by atoms with Crippen molar-refractivity contribution in [3.05, 3.63) is 0 Å². The van der Waals surface area contributed by atoms with Crippen molar-refractivity contribution in [2.24, 2.45) is 0 Å². The van der Waals surface area contributed by atoms with Crippen molar-refractivity contribution in [1.82, 2.24) is 0 Å². The van der Waals surface area contributed by atoms with Gasteiger partial charge in [0.05, 0.1) is 0 Å². The van der Waals surface area contributed by atoms with Crippen molar-refractivity contribution in [1.29, 1.82) is 0 Å². The first-order valence-corrected chi connectivity index (χ1v) is 3.72. The summed E-state index contributed by atoms with van der Waals surface area (Å²) in [7, 11) is 0. The van der Waals surface area contributed by atoms with Crippen molar-refractivity contribution in [2.45, 2.75) is 26.1 Å². The third-order valence-corrected chi connectivity index (χ3v) is 0.715. The van der Waals surface area contributed by atoms with Crippen LogP contribution in [0, 0.1) is 0 Å². The van der Waals surface area contributed by atoms with Gasteiger partial charge in [0.15, 0.2) is 0 Å². The van der Waals surface area contributed by atoms with Crippen LogP contribution in [0.1, 0.15) is 13.8 Å². The SMILES string of the molecule is CC(O)C(=O)O.CC(O)C(=O)O.O=C([O-])[O-].[Co+2].[Co]. The topological polar surface area (TPSA) is 178 Å². The average Bonchev–Trinajstić information content (AvgIpc) is 2.03. The Morgan fingerprint density at radius 1 is 0.889 bits per heavy atom. The summed E-state index contributed by atoms with van der Waals surface area (Å²) in [6, 6.07) is 0. The van der Waals surface area contributed by atoms with Crippen LogP contribution in [0.5, 0.6) is 0 Å². The second-order valence-corrected chi connectivity index (χ2v) is 2.28. The van der Waals surface area contributed by atoms with Crippen molar-refractivity contribution in [2.75, 3.05) is 0 Å². The monoisotopic (exact) mass is 358 g/mol. The summed E-state index contributed by atoms with van der Waals surface area (Å²) in [6.07, 6.45) is -4.80. The van der Waals surface area contributed by atoms with Crippen LogP contribution in [0.25, 0.3) is 0 Å². The van der Waals surface area contributed by atoms with E-state index in [0.717, 1.165) is 0 Å². The molecule has 0 aromatic rings. The number of aliphatic carboxylic acids is 2. The number of hydrogen-bond acceptors (Lipinski definition) is 7. The van der Waals surface area contributed by atoms with E-state index in [1.54, 1.807) is 0 Å². The number of aliphatic hydroxyl groups is 2. The van der Waals surface area contributed by atoms with Crippen LogP contribution >= 0.6 is 0 Å². The molecular weight excluding hydrogens is 346 g/mol. The molecule has 0 saturated heterocycles. The number of hydrogen-bond donors (Lipinski definition) is 4. The predicted octanol–water partition coefficient (Wildman–Crippen LogP) is -3.55. The van der Waals surface area contributed by atoms with Gasteiger partial charge >= 0.3 is 28.7 Å². The second-order valence-electron chi connectivity index (χ2n) is 2.28. The third kappa shape index (κ3) is 59.4. The standard InChI is InChI=1S/2C3H6O3.CH2O3.2Co/c2*1-2(4)3(5)6;2-1(3)4;;/h2*2,4H,1H3,(H,5,6);(H2,2,3,4);;/q;;;;+2/p-2. The van der Waals surface area contributed by atoms with Gasteiger partial charge < -0.3 is 35.4 Å². The zero-order valence-electron chi connectivity index (χ0n) is 9.15. The number of carbonyl (C=O) groups excluding carboxylic acids is 1. The van der Waals surface area contributed by atoms with E-state index in [-0.39, 0.29) is 33.6 Å². The average molecular weight is 358 g/mol. The van der Waals surface area contributed by atoms with Crippen LogP contribution in [0.2, 0.25) is 0 Å². The molecule has 0 fully saturated rings.